The summed E-state index contributed by atoms with van der Waals surface area (Å²) >= 11 is 0. The standard InChI is InChI=1S/3C20H29NO3.3C19H27NO3/c3*1-5-13(2)8-15-12-21-7-6-14-9-19(23-3)20(24-4)10-16(14)17(21)11-18(15)22;3*1-12(2)7-14-11-20-6-5-13-8-18(22-3)19(23-4)9-15(13)16(20)10-17(14)21/h3*9-10,13,15,17H,5-8,11-12H2,1-4H3;3*8-9,12,14,16H,5-7,10-11H2,1-4H3/i2D3,5D2,6D2,7D2,8D2,9D,10D,11D2,12D2,13D,15D,17D;2D3,5D2,6D2,7D2,8D2,9D,10D,12D2,13D,17D;2D3,4D3,5D2,8D2,13D;5D2,6D2,8D,9D,10D2,11D2,14D,16D;4D3,10D2,14D;4D3. The summed E-state index contributed by atoms with van der Waals surface area (Å²) in [6, 6.07) is -7.43. The van der Waals surface area contributed by atoms with Crippen molar-refractivity contribution >= 4 is 34.7 Å². The lowest BCUT2D eigenvalue weighted by molar-refractivity contribution is -0.130. The van der Waals surface area contributed by atoms with Gasteiger partial charge in [0, 0.05) is 258 Å². The molecule has 15 atom stereocenters. The van der Waals surface area contributed by atoms with E-state index in [0.29, 0.717) is 74.8 Å². The van der Waals surface area contributed by atoms with E-state index in [1.807, 2.05) is 24.8 Å². The Labute approximate surface area is 939 Å². The minimum absolute atomic E-state index is 0.000445. The van der Waals surface area contributed by atoms with Crippen LogP contribution in [0, 0.1) is 70.9 Å². The molecule has 0 radical (unpaired) electrons. The van der Waals surface area contributed by atoms with Crippen LogP contribution in [-0.2, 0) is 67.1 Å². The van der Waals surface area contributed by atoms with Gasteiger partial charge in [-0.2, -0.15) is 0 Å². The van der Waals surface area contributed by atoms with E-state index in [9.17, 15) is 32.9 Å². The Balaban J connectivity index is 0.000000203. The number of Topliss-reactive ketones (excluding diaryl/α,β-unsaturated/α-hetero) is 6. The first-order valence-corrected chi connectivity index (χ1v) is 45.5. The highest BCUT2D eigenvalue weighted by molar-refractivity contribution is 5.86. The summed E-state index contributed by atoms with van der Waals surface area (Å²) in [4.78, 5) is 85.4. The van der Waals surface area contributed by atoms with Crippen LogP contribution < -0.4 is 56.8 Å². The molecule has 0 aromatic heterocycles. The van der Waals surface area contributed by atoms with Gasteiger partial charge in [0.15, 0.2) is 69.0 Å². The topological polar surface area (TPSA) is 233 Å². The van der Waals surface area contributed by atoms with Crippen molar-refractivity contribution in [2.45, 2.75) is 253 Å². The summed E-state index contributed by atoms with van der Waals surface area (Å²) in [5, 5.41) is 0. The average molecular weight is 2020 g/mol. The Bertz CT molecular complexity index is 8720. The molecule has 24 nitrogen and oxygen atoms in total. The first kappa shape index (κ1) is 49.7. The Morgan fingerprint density at radius 3 is 1.08 bits per heavy atom. The molecule has 0 amide bonds. The zero-order valence-corrected chi connectivity index (χ0v) is 81.8. The number of rotatable bonds is 27. The number of fused-ring (bicyclic) bond motifs is 18. The van der Waals surface area contributed by atoms with Crippen LogP contribution in [0.25, 0.3) is 0 Å². The molecule has 12 aliphatic rings. The highest BCUT2D eigenvalue weighted by Crippen LogP contribution is 2.51. The van der Waals surface area contributed by atoms with Crippen molar-refractivity contribution in [2.75, 3.05) is 163 Å². The second kappa shape index (κ2) is 50.0. The highest BCUT2D eigenvalue weighted by Gasteiger charge is 2.47. The van der Waals surface area contributed by atoms with Crippen LogP contribution >= 0.6 is 0 Å². The van der Waals surface area contributed by atoms with Crippen molar-refractivity contribution in [3.05, 3.63) is 139 Å². The molecule has 6 aromatic carbocycles. The van der Waals surface area contributed by atoms with Crippen LogP contribution in [0.4, 0.5) is 0 Å². The maximum Gasteiger partial charge on any atom is 0.161 e. The van der Waals surface area contributed by atoms with Gasteiger partial charge in [0.05, 0.1) is 110 Å². The van der Waals surface area contributed by atoms with Gasteiger partial charge in [-0.3, -0.25) is 58.2 Å². The zero-order valence-electron chi connectivity index (χ0n) is 151. The van der Waals surface area contributed by atoms with Crippen molar-refractivity contribution in [3.8, 4) is 69.0 Å². The molecule has 12 heterocycles. The maximum absolute atomic E-state index is 14.1. The smallest absolute Gasteiger partial charge is 0.161 e. The number of ether oxygens (including phenoxy) is 12. The van der Waals surface area contributed by atoms with Gasteiger partial charge in [-0.25, -0.2) is 0 Å². The predicted molar refractivity (Wildman–Crippen MR) is 555 cm³/mol. The molecule has 0 N–H and O–H groups in total. The van der Waals surface area contributed by atoms with Crippen LogP contribution in [0.15, 0.2) is 72.7 Å². The monoisotopic (exact) mass is 2010 g/mol. The number of benzene rings is 6. The Morgan fingerprint density at radius 2 is 0.674 bits per heavy atom. The van der Waals surface area contributed by atoms with E-state index in [1.54, 1.807) is 36.9 Å². The number of hydrogen-bond donors (Lipinski definition) is 0. The van der Waals surface area contributed by atoms with Crippen LogP contribution in [0.5, 0.6) is 69.0 Å². The van der Waals surface area contributed by atoms with E-state index < -0.39 is 391 Å². The van der Waals surface area contributed by atoms with Gasteiger partial charge in [0.2, 0.25) is 0 Å². The molecule has 12 aliphatic heterocycles. The predicted octanol–water partition coefficient (Wildman–Crippen LogP) is 20.6. The van der Waals surface area contributed by atoms with Crippen LogP contribution in [0.2, 0.25) is 0 Å². The minimum Gasteiger partial charge on any atom is -0.493 e. The van der Waals surface area contributed by atoms with E-state index in [4.69, 9.17) is 147 Å². The molecular weight excluding hydrogens is 1780 g/mol. The summed E-state index contributed by atoms with van der Waals surface area (Å²) in [6.07, 6.45) is -40.0. The Kier molecular flexibility index (Phi) is 17.6. The van der Waals surface area contributed by atoms with Gasteiger partial charge in [0.1, 0.15) is 34.7 Å². The normalized spacial score (nSPS) is 41.0. The second-order valence-corrected chi connectivity index (χ2v) is 35.1. The maximum atomic E-state index is 14.1. The average Bonchev–Trinajstić information content (AvgIpc) is 0.629. The number of ketones is 6. The number of carbonyl (C=O) groups excluding carboxylic acids is 6. The van der Waals surface area contributed by atoms with Gasteiger partial charge < -0.3 is 56.8 Å². The molecule has 6 aromatic rings. The van der Waals surface area contributed by atoms with E-state index in [-0.39, 0.29) is 82.4 Å². The molecule has 0 bridgehead atoms. The van der Waals surface area contributed by atoms with Crippen molar-refractivity contribution in [3.63, 3.8) is 0 Å². The molecule has 0 spiro atoms. The van der Waals surface area contributed by atoms with Crippen molar-refractivity contribution < 1.29 is 180 Å². The summed E-state index contributed by atoms with van der Waals surface area (Å²) < 4.78 is 638. The zero-order chi connectivity index (χ0) is 162. The van der Waals surface area contributed by atoms with Crippen LogP contribution in [-0.4, -0.2) is 227 Å². The third-order valence-corrected chi connectivity index (χ3v) is 24.7. The molecule has 15 unspecified atom stereocenters. The van der Waals surface area contributed by atoms with Crippen molar-refractivity contribution in [2.24, 2.45) is 70.9 Å². The molecule has 141 heavy (non-hydrogen) atoms. The van der Waals surface area contributed by atoms with E-state index >= 15 is 0 Å². The minimum atomic E-state index is -4.60. The quantitative estimate of drug-likeness (QED) is 0.0466. The fourth-order valence-electron chi connectivity index (χ4n) is 17.9. The second-order valence-electron chi connectivity index (χ2n) is 35.1. The molecular formula is C117H168N6O18. The number of methoxy groups -OCH3 is 12. The van der Waals surface area contributed by atoms with Gasteiger partial charge in [0.25, 0.3) is 0 Å². The number of nitrogens with zero attached hydrogens (tertiary/aromatic N) is 6. The number of carbonyl (C=O) groups is 6. The first-order valence-electron chi connectivity index (χ1n) is 80.0. The van der Waals surface area contributed by atoms with Crippen molar-refractivity contribution in [1.82, 2.24) is 29.4 Å². The fourth-order valence-corrected chi connectivity index (χ4v) is 17.9. The van der Waals surface area contributed by atoms with E-state index in [2.05, 4.69) is 18.7 Å². The van der Waals surface area contributed by atoms with E-state index in [1.165, 1.54) is 33.5 Å². The van der Waals surface area contributed by atoms with Gasteiger partial charge >= 0.3 is 0 Å². The third kappa shape index (κ3) is 25.6. The number of hydrogen-bond acceptors (Lipinski definition) is 24. The summed E-state index contributed by atoms with van der Waals surface area (Å²) in [5.74, 6) is -33.6. The van der Waals surface area contributed by atoms with E-state index in [0.717, 1.165) is 97.8 Å². The van der Waals surface area contributed by atoms with Crippen molar-refractivity contribution in [1.29, 1.82) is 0 Å². The largest absolute Gasteiger partial charge is 0.493 e. The number of piperidine rings is 6. The van der Waals surface area contributed by atoms with Crippen LogP contribution in [0.1, 0.15) is 376 Å². The molecule has 6 fully saturated rings. The molecule has 774 valence electrons. The van der Waals surface area contributed by atoms with Gasteiger partial charge in [-0.15, -0.1) is 0 Å². The summed E-state index contributed by atoms with van der Waals surface area (Å²) in [7, 11) is 2.56. The van der Waals surface area contributed by atoms with Gasteiger partial charge in [-0.05, 0) is 252 Å². The SMILES string of the molecule is [2H]C([2H])([2H])Oc1cc2c(cc1OC)CCN1CC(C([2H])([2H])C([2H])(C([2H])([2H])[2H])C([2H])([2H])C)C(=O)CC21.[2H]C([2H])([2H])Oc1cc2c(cc1OC)CCN1CC(CC(C)C)C(=O)CC21.[2H]C([2H])([2H])Oc1cc2c(cc1OC)CCN1CC([2H])(CC(C)C)C(=O)C([2H])([2H])C21.[2H]c1c(OC)c(OC)c([2H])c2c1C([2H])([2H])C([2H])([2H])N1C([2H])([2H])C([2H])(C([2H])([2H])C([2H])(C([2H])([2H])[2H])C([2H])([2H])C)C(=O)C([2H])([2H])C21[2H].[2H]c1c(OC)c(OC)c([2H])c2c1C([2H])([2H])C([2H])([2H])N1C([2H])([2H])C([2H])(CC(C)C)C(=O)C([2H])([2H])C21[2H].[2H]c1c(OC)c(OC)c([2H])c2c1C1([2H])CC(=O)C(C([2H])([2H])C([2H])(C([2H])([2H])[2H])C([2H])([2H])C)C([2H])([2H])N1C([2H])([2H])C2([2H])[2H]. The molecule has 0 saturated carbocycles. The highest BCUT2D eigenvalue weighted by atomic mass is 16.5. The molecule has 6 saturated heterocycles. The lowest BCUT2D eigenvalue weighted by atomic mass is 9.79. The lowest BCUT2D eigenvalue weighted by Gasteiger charge is -2.43. The summed E-state index contributed by atoms with van der Waals surface area (Å²) in [5.41, 5.74) is -1.25. The Hall–Kier alpha value is -9.30. The Morgan fingerprint density at radius 1 is 0.340 bits per heavy atom. The van der Waals surface area contributed by atoms with Gasteiger partial charge in [-0.1, -0.05) is 102 Å². The fraction of sp³-hybridized carbons (Fsp3) is 0.641. The molecule has 24 heteroatoms. The molecule has 18 rings (SSSR count). The lowest BCUT2D eigenvalue weighted by Crippen LogP contribution is -2.46. The third-order valence-electron chi connectivity index (χ3n) is 24.7. The first-order chi connectivity index (χ1) is 94.2. The molecule has 0 aliphatic carbocycles. The van der Waals surface area contributed by atoms with Crippen LogP contribution in [0.3, 0.4) is 0 Å². The summed E-state index contributed by atoms with van der Waals surface area (Å²) in [6.45, 7) is -18.6.